The van der Waals surface area contributed by atoms with E-state index in [1.807, 2.05) is 0 Å². The van der Waals surface area contributed by atoms with E-state index < -0.39 is 0 Å². The first kappa shape index (κ1) is 5.28. The van der Waals surface area contributed by atoms with E-state index in [0.717, 1.165) is 0 Å². The van der Waals surface area contributed by atoms with Crippen LogP contribution in [0.4, 0.5) is 0 Å². The van der Waals surface area contributed by atoms with Gasteiger partial charge in [0.05, 0.1) is 0 Å². The van der Waals surface area contributed by atoms with Gasteiger partial charge in [-0.1, -0.05) is 24.3 Å². The predicted octanol–water partition coefficient (Wildman–Crippen LogP) is 2.67. The summed E-state index contributed by atoms with van der Waals surface area (Å²) in [7, 11) is 0. The molecule has 0 saturated heterocycles. The zero-order valence-electron chi connectivity index (χ0n) is 5.64. The summed E-state index contributed by atoms with van der Waals surface area (Å²) in [5, 5.41) is 0. The minimum Gasteiger partial charge on any atom is -0.0879 e. The molecule has 0 aromatic carbocycles. The van der Waals surface area contributed by atoms with Crippen molar-refractivity contribution in [1.29, 1.82) is 0 Å². The van der Waals surface area contributed by atoms with Crippen molar-refractivity contribution in [2.24, 2.45) is 5.41 Å². The molecule has 1 spiro atoms. The van der Waals surface area contributed by atoms with Crippen molar-refractivity contribution in [2.45, 2.75) is 25.7 Å². The summed E-state index contributed by atoms with van der Waals surface area (Å²) in [6, 6.07) is 0. The second kappa shape index (κ2) is 1.73. The quantitative estimate of drug-likeness (QED) is 0.431. The second-order valence-electron chi connectivity index (χ2n) is 3.18. The lowest BCUT2D eigenvalue weighted by Gasteiger charge is -2.18. The van der Waals surface area contributed by atoms with Crippen molar-refractivity contribution >= 4 is 0 Å². The highest BCUT2D eigenvalue weighted by Gasteiger charge is 2.29. The van der Waals surface area contributed by atoms with Gasteiger partial charge in [-0.25, -0.2) is 0 Å². The van der Waals surface area contributed by atoms with E-state index in [2.05, 4.69) is 24.3 Å². The van der Waals surface area contributed by atoms with Gasteiger partial charge in [-0.3, -0.25) is 0 Å². The average Bonchev–Trinajstić information content (AvgIpc) is 2.45. The van der Waals surface area contributed by atoms with Gasteiger partial charge in [-0.05, 0) is 31.1 Å². The van der Waals surface area contributed by atoms with Crippen LogP contribution in [0, 0.1) is 5.41 Å². The first-order chi connectivity index (χ1) is 4.41. The van der Waals surface area contributed by atoms with E-state index in [4.69, 9.17) is 0 Å². The molecule has 9 heavy (non-hydrogen) atoms. The van der Waals surface area contributed by atoms with E-state index in [1.54, 1.807) is 0 Å². The lowest BCUT2D eigenvalue weighted by molar-refractivity contribution is 0.405. The number of hydrogen-bond acceptors (Lipinski definition) is 0. The molecule has 0 aliphatic heterocycles. The van der Waals surface area contributed by atoms with Crippen LogP contribution >= 0.6 is 0 Å². The minimum absolute atomic E-state index is 0.597. The molecule has 0 heteroatoms. The van der Waals surface area contributed by atoms with Gasteiger partial charge < -0.3 is 0 Å². The normalized spacial score (nSPS) is 28.4. The van der Waals surface area contributed by atoms with Crippen molar-refractivity contribution in [3.05, 3.63) is 24.3 Å². The van der Waals surface area contributed by atoms with Gasteiger partial charge in [0.2, 0.25) is 0 Å². The Balaban J connectivity index is 2.17. The highest BCUT2D eigenvalue weighted by Crippen LogP contribution is 2.42. The molecule has 2 rings (SSSR count). The first-order valence-electron chi connectivity index (χ1n) is 3.74. The van der Waals surface area contributed by atoms with E-state index in [1.165, 1.54) is 25.7 Å². The van der Waals surface area contributed by atoms with E-state index in [0.29, 0.717) is 5.41 Å². The summed E-state index contributed by atoms with van der Waals surface area (Å²) in [5.41, 5.74) is 0.597. The fraction of sp³-hybridized carbons (Fsp3) is 0.556. The third-order valence-electron chi connectivity index (χ3n) is 2.50. The molecular formula is C9H12. The molecular weight excluding hydrogens is 108 g/mol. The first-order valence-corrected chi connectivity index (χ1v) is 3.74. The van der Waals surface area contributed by atoms with Crippen molar-refractivity contribution in [2.75, 3.05) is 0 Å². The number of hydrogen-bond donors (Lipinski definition) is 0. The van der Waals surface area contributed by atoms with Crippen molar-refractivity contribution < 1.29 is 0 Å². The van der Waals surface area contributed by atoms with Crippen LogP contribution in [-0.4, -0.2) is 0 Å². The smallest absolute Gasteiger partial charge is 0.00464 e. The minimum atomic E-state index is 0.597. The maximum Gasteiger partial charge on any atom is -0.00464 e. The summed E-state index contributed by atoms with van der Waals surface area (Å²) in [6.45, 7) is 0. The molecule has 0 radical (unpaired) electrons. The lowest BCUT2D eigenvalue weighted by atomic mass is 9.85. The van der Waals surface area contributed by atoms with Crippen LogP contribution in [0.25, 0.3) is 0 Å². The predicted molar refractivity (Wildman–Crippen MR) is 39.2 cm³/mol. The van der Waals surface area contributed by atoms with Gasteiger partial charge in [0.25, 0.3) is 0 Å². The van der Waals surface area contributed by atoms with Crippen LogP contribution < -0.4 is 0 Å². The Bertz CT molecular complexity index is 155. The van der Waals surface area contributed by atoms with Gasteiger partial charge in [0.1, 0.15) is 0 Å². The molecule has 2 aliphatic rings. The zero-order chi connectivity index (χ0) is 6.16. The number of rotatable bonds is 0. The van der Waals surface area contributed by atoms with E-state index >= 15 is 0 Å². The van der Waals surface area contributed by atoms with Gasteiger partial charge in [0.15, 0.2) is 0 Å². The maximum absolute atomic E-state index is 2.41. The van der Waals surface area contributed by atoms with E-state index in [-0.39, 0.29) is 0 Å². The van der Waals surface area contributed by atoms with Gasteiger partial charge in [-0.15, -0.1) is 0 Å². The molecule has 0 nitrogen and oxygen atoms in total. The molecule has 2 aliphatic carbocycles. The Hall–Kier alpha value is -0.520. The molecule has 0 amide bonds. The summed E-state index contributed by atoms with van der Waals surface area (Å²) in [6.07, 6.45) is 14.7. The summed E-state index contributed by atoms with van der Waals surface area (Å²) < 4.78 is 0. The van der Waals surface area contributed by atoms with Crippen molar-refractivity contribution in [3.63, 3.8) is 0 Å². The maximum atomic E-state index is 2.41. The molecule has 0 aromatic rings. The molecule has 48 valence electrons. The molecule has 0 fully saturated rings. The zero-order valence-corrected chi connectivity index (χ0v) is 5.64. The van der Waals surface area contributed by atoms with Crippen LogP contribution in [0.2, 0.25) is 0 Å². The lowest BCUT2D eigenvalue weighted by Crippen LogP contribution is -2.08. The Morgan fingerprint density at radius 1 is 1.00 bits per heavy atom. The summed E-state index contributed by atoms with van der Waals surface area (Å²) in [5.74, 6) is 0. The Morgan fingerprint density at radius 3 is 2.33 bits per heavy atom. The van der Waals surface area contributed by atoms with Crippen molar-refractivity contribution in [1.82, 2.24) is 0 Å². The standard InChI is InChI=1S/C9H12/c1-2-6-9(5-1)7-3-4-8-9/h1-3,7H,4-6,8H2. The van der Waals surface area contributed by atoms with Crippen LogP contribution in [0.1, 0.15) is 25.7 Å². The highest BCUT2D eigenvalue weighted by molar-refractivity contribution is 5.16. The van der Waals surface area contributed by atoms with Crippen molar-refractivity contribution in [3.8, 4) is 0 Å². The molecule has 0 N–H and O–H groups in total. The molecule has 0 atom stereocenters. The van der Waals surface area contributed by atoms with Gasteiger partial charge >= 0.3 is 0 Å². The van der Waals surface area contributed by atoms with Crippen LogP contribution in [0.5, 0.6) is 0 Å². The molecule has 0 heterocycles. The van der Waals surface area contributed by atoms with Crippen LogP contribution in [-0.2, 0) is 0 Å². The molecule has 0 aromatic heterocycles. The summed E-state index contributed by atoms with van der Waals surface area (Å²) in [4.78, 5) is 0. The molecule has 0 saturated carbocycles. The average molecular weight is 120 g/mol. The van der Waals surface area contributed by atoms with Crippen LogP contribution in [0.3, 0.4) is 0 Å². The van der Waals surface area contributed by atoms with Gasteiger partial charge in [0, 0.05) is 0 Å². The molecule has 0 bridgehead atoms. The second-order valence-corrected chi connectivity index (χ2v) is 3.18. The third-order valence-corrected chi connectivity index (χ3v) is 2.50. The number of allylic oxidation sites excluding steroid dienone is 4. The third kappa shape index (κ3) is 0.735. The fourth-order valence-electron chi connectivity index (χ4n) is 1.85. The van der Waals surface area contributed by atoms with Gasteiger partial charge in [-0.2, -0.15) is 0 Å². The monoisotopic (exact) mass is 120 g/mol. The van der Waals surface area contributed by atoms with Crippen LogP contribution in [0.15, 0.2) is 24.3 Å². The molecule has 0 unspecified atom stereocenters. The topological polar surface area (TPSA) is 0 Å². The highest BCUT2D eigenvalue weighted by atomic mass is 14.3. The largest absolute Gasteiger partial charge is 0.0879 e. The van der Waals surface area contributed by atoms with E-state index in [9.17, 15) is 0 Å². The Labute approximate surface area is 56.3 Å². The Morgan fingerprint density at radius 2 is 1.78 bits per heavy atom. The Kier molecular flexibility index (Phi) is 1.01. The SMILES string of the molecule is C1=CC2(CC=CC2)CC1. The summed E-state index contributed by atoms with van der Waals surface area (Å²) >= 11 is 0. The fourth-order valence-corrected chi connectivity index (χ4v) is 1.85.